The summed E-state index contributed by atoms with van der Waals surface area (Å²) in [6.45, 7) is 0.208. The maximum atomic E-state index is 13.7. The monoisotopic (exact) mass is 516 g/mol. The molecule has 3 aromatic carbocycles. The summed E-state index contributed by atoms with van der Waals surface area (Å²) in [5.74, 6) is -1.86. The molecule has 38 heavy (non-hydrogen) atoms. The average molecular weight is 517 g/mol. The molecule has 0 aromatic heterocycles. The van der Waals surface area contributed by atoms with E-state index in [1.54, 1.807) is 60.7 Å². The zero-order valence-corrected chi connectivity index (χ0v) is 21.0. The Bertz CT molecular complexity index is 1250. The Hall–Kier alpha value is -4.37. The number of carboxylic acid groups (broad SMARTS) is 1. The second-order valence-electron chi connectivity index (χ2n) is 9.47. The van der Waals surface area contributed by atoms with E-state index in [4.69, 9.17) is 16.2 Å². The number of carboxylic acids is 1. The quantitative estimate of drug-likeness (QED) is 0.351. The van der Waals surface area contributed by atoms with Crippen LogP contribution in [0, 0.1) is 0 Å². The summed E-state index contributed by atoms with van der Waals surface area (Å²) in [6, 6.07) is 23.8. The molecule has 0 spiro atoms. The van der Waals surface area contributed by atoms with Crippen molar-refractivity contribution in [3.63, 3.8) is 0 Å². The fraction of sp³-hybridized carbons (Fsp3) is 0.276. The van der Waals surface area contributed by atoms with Gasteiger partial charge in [0.25, 0.3) is 0 Å². The average Bonchev–Trinajstić information content (AvgIpc) is 3.34. The molecule has 3 aromatic rings. The smallest absolute Gasteiger partial charge is 0.425 e. The summed E-state index contributed by atoms with van der Waals surface area (Å²) in [4.78, 5) is 39.4. The van der Waals surface area contributed by atoms with Gasteiger partial charge in [0.15, 0.2) is 6.04 Å². The molecule has 0 aliphatic carbocycles. The van der Waals surface area contributed by atoms with Crippen molar-refractivity contribution in [2.75, 3.05) is 12.3 Å². The van der Waals surface area contributed by atoms with Crippen molar-refractivity contribution in [3.05, 3.63) is 102 Å². The fourth-order valence-electron chi connectivity index (χ4n) is 4.96. The van der Waals surface area contributed by atoms with Crippen molar-refractivity contribution < 1.29 is 24.2 Å². The second kappa shape index (κ2) is 11.8. The van der Waals surface area contributed by atoms with Crippen LogP contribution >= 0.6 is 0 Å². The lowest BCUT2D eigenvalue weighted by molar-refractivity contribution is -0.162. The number of nitrogens with zero attached hydrogens (tertiary/aromatic N) is 2. The molecule has 0 radical (unpaired) electrons. The van der Waals surface area contributed by atoms with E-state index in [2.05, 4.69) is 0 Å². The van der Waals surface area contributed by atoms with Gasteiger partial charge in [0.2, 0.25) is 5.91 Å². The van der Waals surface area contributed by atoms with Crippen LogP contribution in [0.3, 0.4) is 0 Å². The third-order valence-corrected chi connectivity index (χ3v) is 6.89. The van der Waals surface area contributed by atoms with Gasteiger partial charge in [-0.25, -0.2) is 14.6 Å². The predicted octanol–water partition coefficient (Wildman–Crippen LogP) is 3.38. The third kappa shape index (κ3) is 5.95. The topological polar surface area (TPSA) is 139 Å². The lowest BCUT2D eigenvalue weighted by Crippen LogP contribution is -2.66. The number of amides is 2. The van der Waals surface area contributed by atoms with Gasteiger partial charge < -0.3 is 21.3 Å². The maximum absolute atomic E-state index is 13.7. The van der Waals surface area contributed by atoms with Crippen molar-refractivity contribution in [2.45, 2.75) is 43.9 Å². The van der Waals surface area contributed by atoms with Crippen molar-refractivity contribution in [2.24, 2.45) is 5.73 Å². The number of benzene rings is 3. The summed E-state index contributed by atoms with van der Waals surface area (Å²) in [5, 5.41) is 12.9. The molecular weight excluding hydrogens is 484 g/mol. The highest BCUT2D eigenvalue weighted by atomic mass is 16.6. The number of rotatable bonds is 10. The van der Waals surface area contributed by atoms with Crippen LogP contribution in [0.4, 0.5) is 10.5 Å². The van der Waals surface area contributed by atoms with Gasteiger partial charge >= 0.3 is 12.1 Å². The minimum absolute atomic E-state index is 0.0177. The Morgan fingerprint density at radius 1 is 0.921 bits per heavy atom. The molecule has 2 atom stereocenters. The molecule has 1 fully saturated rings. The summed E-state index contributed by atoms with van der Waals surface area (Å²) >= 11 is 0. The Kier molecular flexibility index (Phi) is 8.28. The van der Waals surface area contributed by atoms with Crippen molar-refractivity contribution in [1.82, 2.24) is 10.0 Å². The molecule has 198 valence electrons. The molecule has 9 heteroatoms. The van der Waals surface area contributed by atoms with Gasteiger partial charge in [-0.1, -0.05) is 72.8 Å². The van der Waals surface area contributed by atoms with Crippen LogP contribution in [-0.4, -0.2) is 51.2 Å². The number of ether oxygens (including phenoxy) is 1. The Labute approximate surface area is 221 Å². The summed E-state index contributed by atoms with van der Waals surface area (Å²) in [7, 11) is 0. The Morgan fingerprint density at radius 2 is 1.53 bits per heavy atom. The molecule has 9 nitrogen and oxygen atoms in total. The van der Waals surface area contributed by atoms with Gasteiger partial charge in [-0.3, -0.25) is 4.79 Å². The number of hydrazine groups is 1. The molecule has 1 heterocycles. The van der Waals surface area contributed by atoms with E-state index >= 15 is 0 Å². The molecule has 1 aliphatic rings. The van der Waals surface area contributed by atoms with Crippen LogP contribution < -0.4 is 11.5 Å². The molecule has 5 N–H and O–H groups in total. The molecule has 1 saturated heterocycles. The van der Waals surface area contributed by atoms with E-state index in [-0.39, 0.29) is 26.0 Å². The van der Waals surface area contributed by atoms with E-state index in [1.807, 2.05) is 24.3 Å². The van der Waals surface area contributed by atoms with Crippen molar-refractivity contribution >= 4 is 23.7 Å². The highest BCUT2D eigenvalue weighted by molar-refractivity contribution is 5.87. The number of nitrogens with two attached hydrogens (primary N) is 2. The Balaban J connectivity index is 1.72. The molecule has 4 rings (SSSR count). The number of aliphatic carboxylic acids is 1. The largest absolute Gasteiger partial charge is 0.480 e. The van der Waals surface area contributed by atoms with Gasteiger partial charge in [0.1, 0.15) is 12.1 Å². The number of carbonyl (C=O) groups excluding carboxylic acids is 2. The molecule has 0 saturated carbocycles. The number of primary amides is 1. The van der Waals surface area contributed by atoms with Crippen LogP contribution in [0.2, 0.25) is 0 Å². The number of hydrogen-bond donors (Lipinski definition) is 3. The standard InChI is InChI=1S/C29H32N4O5/c30-24-14-12-22(13-15-24)19-29(27(31)36)16-7-17-32(29)33(28(37)38-20-23-10-5-2-6-11-23)25(26(34)35)18-21-8-3-1-4-9-21/h1-6,8-15,25H,7,16-20,30H2,(H2,31,36)(H,34,35)/t25-,29-/m1/s1. The first-order valence-corrected chi connectivity index (χ1v) is 12.5. The van der Waals surface area contributed by atoms with Crippen LogP contribution in [-0.2, 0) is 33.8 Å². The van der Waals surface area contributed by atoms with E-state index in [1.165, 1.54) is 5.01 Å². The minimum Gasteiger partial charge on any atom is -0.480 e. The SMILES string of the molecule is NC(=O)[C@]1(Cc2ccc(N)cc2)CCCN1N(C(=O)OCc1ccccc1)[C@H](Cc1ccccc1)C(=O)O. The van der Waals surface area contributed by atoms with Gasteiger partial charge in [-0.2, -0.15) is 5.01 Å². The predicted molar refractivity (Wildman–Crippen MR) is 142 cm³/mol. The highest BCUT2D eigenvalue weighted by Gasteiger charge is 2.52. The zero-order valence-electron chi connectivity index (χ0n) is 21.0. The van der Waals surface area contributed by atoms with E-state index in [0.29, 0.717) is 18.5 Å². The van der Waals surface area contributed by atoms with Crippen LogP contribution in [0.5, 0.6) is 0 Å². The van der Waals surface area contributed by atoms with E-state index in [9.17, 15) is 19.5 Å². The molecule has 0 bridgehead atoms. The fourth-order valence-corrected chi connectivity index (χ4v) is 4.96. The minimum atomic E-state index is -1.33. The number of anilines is 1. The van der Waals surface area contributed by atoms with Crippen LogP contribution in [0.25, 0.3) is 0 Å². The number of carbonyl (C=O) groups is 3. The van der Waals surface area contributed by atoms with Gasteiger partial charge in [-0.15, -0.1) is 0 Å². The van der Waals surface area contributed by atoms with Crippen molar-refractivity contribution in [3.8, 4) is 0 Å². The maximum Gasteiger partial charge on any atom is 0.425 e. The van der Waals surface area contributed by atoms with Gasteiger partial charge in [0.05, 0.1) is 0 Å². The molecule has 1 aliphatic heterocycles. The lowest BCUT2D eigenvalue weighted by atomic mass is 9.87. The first-order valence-electron chi connectivity index (χ1n) is 12.5. The summed E-state index contributed by atoms with van der Waals surface area (Å²) in [5.41, 5.74) is 13.3. The lowest BCUT2D eigenvalue weighted by Gasteiger charge is -2.44. The second-order valence-corrected chi connectivity index (χ2v) is 9.47. The first kappa shape index (κ1) is 26.7. The van der Waals surface area contributed by atoms with E-state index < -0.39 is 29.6 Å². The third-order valence-electron chi connectivity index (χ3n) is 6.89. The van der Waals surface area contributed by atoms with E-state index in [0.717, 1.165) is 21.7 Å². The summed E-state index contributed by atoms with van der Waals surface area (Å²) in [6.07, 6.45) is 0.235. The molecule has 0 unspecified atom stereocenters. The normalized spacial score (nSPS) is 18.0. The first-order chi connectivity index (χ1) is 18.3. The number of hydrogen-bond acceptors (Lipinski definition) is 6. The van der Waals surface area contributed by atoms with Gasteiger partial charge in [0, 0.05) is 25.1 Å². The summed E-state index contributed by atoms with van der Waals surface area (Å²) < 4.78 is 5.62. The van der Waals surface area contributed by atoms with Crippen LogP contribution in [0.15, 0.2) is 84.9 Å². The highest BCUT2D eigenvalue weighted by Crippen LogP contribution is 2.36. The molecule has 2 amide bonds. The number of nitrogen functional groups attached to an aromatic ring is 1. The molecular formula is C29H32N4O5. The van der Waals surface area contributed by atoms with Gasteiger partial charge in [-0.05, 0) is 41.7 Å². The van der Waals surface area contributed by atoms with Crippen LogP contribution in [0.1, 0.15) is 29.5 Å². The van der Waals surface area contributed by atoms with Crippen molar-refractivity contribution in [1.29, 1.82) is 0 Å². The zero-order chi connectivity index (χ0) is 27.1. The Morgan fingerprint density at radius 3 is 2.11 bits per heavy atom.